The molecule has 0 aromatic rings. The van der Waals surface area contributed by atoms with Crippen LogP contribution in [0.4, 0.5) is 0 Å². The predicted molar refractivity (Wildman–Crippen MR) is 222 cm³/mol. The van der Waals surface area contributed by atoms with Crippen LogP contribution in [0, 0.1) is 0 Å². The molecule has 314 valence electrons. The molecule has 0 heterocycles. The van der Waals surface area contributed by atoms with Gasteiger partial charge in [0.2, 0.25) is 0 Å². The summed E-state index contributed by atoms with van der Waals surface area (Å²) in [6, 6.07) is 0. The minimum atomic E-state index is -4.63. The van der Waals surface area contributed by atoms with E-state index in [9.17, 15) is 19.0 Å². The molecule has 10 heteroatoms. The van der Waals surface area contributed by atoms with Crippen molar-refractivity contribution in [1.29, 1.82) is 0 Å². The lowest BCUT2D eigenvalue weighted by molar-refractivity contribution is -0.870. The number of rotatable bonds is 38. The van der Waals surface area contributed by atoms with E-state index >= 15 is 0 Å². The number of allylic oxidation sites excluding steroid dienone is 8. The Kier molecular flexibility index (Phi) is 35.2. The molecule has 0 rings (SSSR count). The Morgan fingerprint density at radius 2 is 1.06 bits per heavy atom. The molecule has 0 bridgehead atoms. The molecule has 0 radical (unpaired) electrons. The van der Waals surface area contributed by atoms with Gasteiger partial charge in [-0.05, 0) is 70.6 Å². The summed E-state index contributed by atoms with van der Waals surface area (Å²) in [7, 11) is 1.14. The van der Waals surface area contributed by atoms with Gasteiger partial charge in [0.1, 0.15) is 19.8 Å². The zero-order valence-electron chi connectivity index (χ0n) is 35.2. The van der Waals surface area contributed by atoms with Crippen LogP contribution in [0.1, 0.15) is 168 Å². The van der Waals surface area contributed by atoms with Crippen molar-refractivity contribution in [1.82, 2.24) is 0 Å². The monoisotopic (exact) mass is 782 g/mol. The molecule has 2 atom stereocenters. The van der Waals surface area contributed by atoms with E-state index in [2.05, 4.69) is 62.5 Å². The van der Waals surface area contributed by atoms with Gasteiger partial charge in [-0.15, -0.1) is 0 Å². The molecule has 54 heavy (non-hydrogen) atoms. The van der Waals surface area contributed by atoms with E-state index in [0.717, 1.165) is 83.5 Å². The lowest BCUT2D eigenvalue weighted by Gasteiger charge is -2.28. The summed E-state index contributed by atoms with van der Waals surface area (Å²) in [5, 5.41) is 0. The molecule has 0 saturated heterocycles. The van der Waals surface area contributed by atoms with Gasteiger partial charge in [0.05, 0.1) is 27.7 Å². The van der Waals surface area contributed by atoms with Crippen LogP contribution >= 0.6 is 7.82 Å². The quantitative estimate of drug-likeness (QED) is 0.0200. The first-order chi connectivity index (χ1) is 26.0. The summed E-state index contributed by atoms with van der Waals surface area (Å²) >= 11 is 0. The summed E-state index contributed by atoms with van der Waals surface area (Å²) in [4.78, 5) is 37.5. The Labute approximate surface area is 331 Å². The maximum Gasteiger partial charge on any atom is 0.306 e. The predicted octanol–water partition coefficient (Wildman–Crippen LogP) is 11.3. The van der Waals surface area contributed by atoms with Gasteiger partial charge in [-0.25, -0.2) is 0 Å². The molecule has 9 nitrogen and oxygen atoms in total. The molecule has 0 aromatic heterocycles. The van der Waals surface area contributed by atoms with E-state index in [-0.39, 0.29) is 26.1 Å². The standard InChI is InChI=1S/C44H80NO8P/c1-6-8-10-12-14-16-18-20-22-24-26-28-30-32-34-36-43(46)50-40-42(41-52-54(48,49)51-39-38-45(3,4)5)53-44(47)37-35-33-31-29-27-25-23-21-19-17-15-13-11-9-7-2/h9,11,15,17,20-23,42H,6-8,10,12-14,16,18-19,24-41H2,1-5H3/b11-9-,17-15-,22-20-,23-21-/t42-/m1/s1. The SMILES string of the molecule is CC/C=C\C/C=C\C/C=C\CCCCCCCC(=O)O[C@H](COC(=O)CCCCCCC/C=C\CCCCCCCC)COP(=O)([O-])OCC[N+](C)(C)C. The van der Waals surface area contributed by atoms with E-state index in [0.29, 0.717) is 23.9 Å². The largest absolute Gasteiger partial charge is 0.756 e. The van der Waals surface area contributed by atoms with Gasteiger partial charge in [0.15, 0.2) is 6.10 Å². The molecule has 0 amide bonds. The zero-order valence-corrected chi connectivity index (χ0v) is 36.0. The van der Waals surface area contributed by atoms with Gasteiger partial charge in [0, 0.05) is 12.8 Å². The fraction of sp³-hybridized carbons (Fsp3) is 0.773. The fourth-order valence-corrected chi connectivity index (χ4v) is 6.21. The van der Waals surface area contributed by atoms with Crippen molar-refractivity contribution in [2.24, 2.45) is 0 Å². The van der Waals surface area contributed by atoms with Crippen LogP contribution < -0.4 is 4.89 Å². The van der Waals surface area contributed by atoms with Crippen molar-refractivity contribution >= 4 is 19.8 Å². The van der Waals surface area contributed by atoms with Gasteiger partial charge >= 0.3 is 11.9 Å². The van der Waals surface area contributed by atoms with Crippen molar-refractivity contribution in [2.45, 2.75) is 174 Å². The van der Waals surface area contributed by atoms with Crippen molar-refractivity contribution < 1.29 is 42.1 Å². The van der Waals surface area contributed by atoms with E-state index in [4.69, 9.17) is 18.5 Å². The smallest absolute Gasteiger partial charge is 0.306 e. The van der Waals surface area contributed by atoms with Gasteiger partial charge in [0.25, 0.3) is 7.82 Å². The van der Waals surface area contributed by atoms with Gasteiger partial charge in [-0.1, -0.05) is 133 Å². The lowest BCUT2D eigenvalue weighted by atomic mass is 10.1. The van der Waals surface area contributed by atoms with Crippen LogP contribution in [0.5, 0.6) is 0 Å². The molecule has 0 fully saturated rings. The molecule has 0 aromatic carbocycles. The van der Waals surface area contributed by atoms with Crippen molar-refractivity contribution in [2.75, 3.05) is 47.5 Å². The van der Waals surface area contributed by atoms with Crippen LogP contribution in [0.15, 0.2) is 48.6 Å². The first-order valence-corrected chi connectivity index (χ1v) is 22.8. The molecular weight excluding hydrogens is 701 g/mol. The Morgan fingerprint density at radius 3 is 1.59 bits per heavy atom. The Balaban J connectivity index is 4.42. The minimum Gasteiger partial charge on any atom is -0.756 e. The number of hydrogen-bond donors (Lipinski definition) is 0. The summed E-state index contributed by atoms with van der Waals surface area (Å²) in [6.45, 7) is 4.07. The first-order valence-electron chi connectivity index (χ1n) is 21.3. The second-order valence-corrected chi connectivity index (χ2v) is 16.7. The highest BCUT2D eigenvalue weighted by Gasteiger charge is 2.21. The molecule has 0 aliphatic rings. The third-order valence-corrected chi connectivity index (χ3v) is 9.80. The van der Waals surface area contributed by atoms with Crippen LogP contribution in [-0.4, -0.2) is 70.0 Å². The summed E-state index contributed by atoms with van der Waals surface area (Å²) in [5.41, 5.74) is 0. The number of phosphoric acid groups is 1. The minimum absolute atomic E-state index is 0.0372. The molecule has 0 aliphatic heterocycles. The van der Waals surface area contributed by atoms with Gasteiger partial charge < -0.3 is 27.9 Å². The lowest BCUT2D eigenvalue weighted by Crippen LogP contribution is -2.37. The maximum atomic E-state index is 12.6. The number of nitrogens with zero attached hydrogens (tertiary/aromatic N) is 1. The highest BCUT2D eigenvalue weighted by molar-refractivity contribution is 7.45. The second-order valence-electron chi connectivity index (χ2n) is 15.3. The Morgan fingerprint density at radius 1 is 0.593 bits per heavy atom. The maximum absolute atomic E-state index is 12.6. The Hall–Kier alpha value is -2.03. The summed E-state index contributed by atoms with van der Waals surface area (Å²) in [5.74, 6) is -0.867. The molecule has 0 aliphatic carbocycles. The Bertz CT molecular complexity index is 1070. The fourth-order valence-electron chi connectivity index (χ4n) is 5.49. The molecule has 1 unspecified atom stereocenters. The number of carbonyl (C=O) groups is 2. The van der Waals surface area contributed by atoms with Crippen molar-refractivity contribution in [3.05, 3.63) is 48.6 Å². The number of esters is 2. The normalized spacial score (nSPS) is 14.1. The van der Waals surface area contributed by atoms with Crippen LogP contribution in [-0.2, 0) is 32.7 Å². The second kappa shape index (κ2) is 36.6. The first kappa shape index (κ1) is 52.0. The molecule has 0 saturated carbocycles. The number of quaternary nitrogens is 1. The van der Waals surface area contributed by atoms with Crippen LogP contribution in [0.25, 0.3) is 0 Å². The number of unbranched alkanes of at least 4 members (excludes halogenated alkanes) is 16. The number of phosphoric ester groups is 1. The number of likely N-dealkylation sites (N-methyl/N-ethyl adjacent to an activating group) is 1. The van der Waals surface area contributed by atoms with E-state index in [1.54, 1.807) is 0 Å². The average Bonchev–Trinajstić information content (AvgIpc) is 3.12. The summed E-state index contributed by atoms with van der Waals surface area (Å²) < 4.78 is 33.8. The highest BCUT2D eigenvalue weighted by Crippen LogP contribution is 2.38. The topological polar surface area (TPSA) is 111 Å². The van der Waals surface area contributed by atoms with E-state index < -0.39 is 32.5 Å². The molecule has 0 spiro atoms. The van der Waals surface area contributed by atoms with E-state index in [1.165, 1.54) is 44.9 Å². The van der Waals surface area contributed by atoms with E-state index in [1.807, 2.05) is 21.1 Å². The number of ether oxygens (including phenoxy) is 2. The molecular formula is C44H80NO8P. The number of carbonyl (C=O) groups excluding carboxylic acids is 2. The third-order valence-electron chi connectivity index (χ3n) is 8.83. The van der Waals surface area contributed by atoms with Crippen LogP contribution in [0.2, 0.25) is 0 Å². The van der Waals surface area contributed by atoms with Gasteiger partial charge in [-0.3, -0.25) is 14.2 Å². The summed E-state index contributed by atoms with van der Waals surface area (Å²) in [6.07, 6.45) is 41.3. The van der Waals surface area contributed by atoms with Crippen molar-refractivity contribution in [3.63, 3.8) is 0 Å². The third kappa shape index (κ3) is 39.7. The van der Waals surface area contributed by atoms with Gasteiger partial charge in [-0.2, -0.15) is 0 Å². The van der Waals surface area contributed by atoms with Crippen molar-refractivity contribution in [3.8, 4) is 0 Å². The highest BCUT2D eigenvalue weighted by atomic mass is 31.2. The average molecular weight is 782 g/mol. The number of hydrogen-bond acceptors (Lipinski definition) is 8. The van der Waals surface area contributed by atoms with Crippen LogP contribution in [0.3, 0.4) is 0 Å². The molecule has 0 N–H and O–H groups in total. The zero-order chi connectivity index (χ0) is 40.0.